The van der Waals surface area contributed by atoms with Crippen molar-refractivity contribution in [2.45, 2.75) is 57.5 Å². The van der Waals surface area contributed by atoms with Crippen LogP contribution in [-0.2, 0) is 0 Å². The van der Waals surface area contributed by atoms with E-state index in [0.717, 1.165) is 10.5 Å². The number of nitrogens with zero attached hydrogens (tertiary/aromatic N) is 5. The maximum atomic E-state index is 14.8. The Bertz CT molecular complexity index is 1390. The molecule has 1 saturated carbocycles. The first-order chi connectivity index (χ1) is 18.0. The number of nitrogens with one attached hydrogen (secondary N) is 2. The summed E-state index contributed by atoms with van der Waals surface area (Å²) in [5.74, 6) is -3.58. The van der Waals surface area contributed by atoms with Crippen LogP contribution in [0.25, 0.3) is 11.5 Å². The van der Waals surface area contributed by atoms with E-state index in [9.17, 15) is 22.8 Å². The number of pyridine rings is 1. The number of halogens is 3. The number of carbonyl (C=O) groups excluding carboxylic acids is 2. The van der Waals surface area contributed by atoms with Crippen molar-refractivity contribution in [2.75, 3.05) is 18.4 Å². The van der Waals surface area contributed by atoms with E-state index in [4.69, 9.17) is 0 Å². The molecule has 12 heteroatoms. The van der Waals surface area contributed by atoms with E-state index in [0.29, 0.717) is 23.5 Å². The zero-order chi connectivity index (χ0) is 27.2. The van der Waals surface area contributed by atoms with Crippen molar-refractivity contribution in [3.63, 3.8) is 0 Å². The van der Waals surface area contributed by atoms with Crippen molar-refractivity contribution in [2.24, 2.45) is 0 Å². The zero-order valence-corrected chi connectivity index (χ0v) is 21.2. The summed E-state index contributed by atoms with van der Waals surface area (Å²) in [5, 5.41) is 13.5. The molecule has 1 aromatic carbocycles. The van der Waals surface area contributed by atoms with Crippen LogP contribution in [0.15, 0.2) is 36.7 Å². The largest absolute Gasteiger partial charge is 0.335 e. The number of urea groups is 1. The highest BCUT2D eigenvalue weighted by molar-refractivity contribution is 6.04. The molecule has 1 aliphatic carbocycles. The van der Waals surface area contributed by atoms with E-state index in [2.05, 4.69) is 25.8 Å². The Morgan fingerprint density at radius 2 is 2.00 bits per heavy atom. The van der Waals surface area contributed by atoms with Gasteiger partial charge in [0.15, 0.2) is 5.82 Å². The molecule has 1 aliphatic heterocycles. The zero-order valence-electron chi connectivity index (χ0n) is 21.2. The van der Waals surface area contributed by atoms with Crippen LogP contribution in [0.5, 0.6) is 0 Å². The number of anilines is 1. The van der Waals surface area contributed by atoms with Gasteiger partial charge in [-0.05, 0) is 62.6 Å². The van der Waals surface area contributed by atoms with E-state index < -0.39 is 30.2 Å². The number of benzene rings is 1. The summed E-state index contributed by atoms with van der Waals surface area (Å²) >= 11 is 0. The third-order valence-corrected chi connectivity index (χ3v) is 6.91. The maximum absolute atomic E-state index is 14.8. The second-order valence-electron chi connectivity index (χ2n) is 10.1. The summed E-state index contributed by atoms with van der Waals surface area (Å²) in [4.78, 5) is 31.0. The molecule has 3 amide bonds. The molecule has 2 fully saturated rings. The first kappa shape index (κ1) is 25.7. The Hall–Kier alpha value is -3.96. The minimum absolute atomic E-state index is 0.00121. The molecule has 3 heterocycles. The van der Waals surface area contributed by atoms with E-state index in [1.807, 2.05) is 18.4 Å². The highest BCUT2D eigenvalue weighted by Crippen LogP contribution is 2.43. The minimum Gasteiger partial charge on any atom is -0.335 e. The third kappa shape index (κ3) is 5.20. The SMILES string of the molecule is Cc1cc(F)c(C(=O)Nc2cccc(-c3nncn3C(C)C)n2)cc1C1CC1NC(=O)N1CCC(F)(F)C1. The second kappa shape index (κ2) is 9.73. The Balaban J connectivity index is 1.29. The van der Waals surface area contributed by atoms with Crippen molar-refractivity contribution >= 4 is 17.8 Å². The summed E-state index contributed by atoms with van der Waals surface area (Å²) < 4.78 is 43.6. The number of rotatable bonds is 6. The molecule has 38 heavy (non-hydrogen) atoms. The third-order valence-electron chi connectivity index (χ3n) is 6.91. The van der Waals surface area contributed by atoms with E-state index in [1.54, 1.807) is 31.5 Å². The highest BCUT2D eigenvalue weighted by atomic mass is 19.3. The monoisotopic (exact) mass is 527 g/mol. The average molecular weight is 528 g/mol. The molecule has 1 saturated heterocycles. The smallest absolute Gasteiger partial charge is 0.317 e. The normalized spacial score (nSPS) is 20.0. The van der Waals surface area contributed by atoms with Crippen molar-refractivity contribution in [1.29, 1.82) is 0 Å². The fourth-order valence-corrected chi connectivity index (χ4v) is 4.74. The van der Waals surface area contributed by atoms with Gasteiger partial charge in [0.05, 0.1) is 12.1 Å². The van der Waals surface area contributed by atoms with E-state index >= 15 is 0 Å². The van der Waals surface area contributed by atoms with Crippen molar-refractivity contribution < 1.29 is 22.8 Å². The summed E-state index contributed by atoms with van der Waals surface area (Å²) in [6.07, 6.45) is 1.83. The second-order valence-corrected chi connectivity index (χ2v) is 10.1. The standard InChI is InChI=1S/C26H28F3N7O2/c1-14(2)36-13-30-34-23(36)20-5-4-6-22(31-20)33-24(37)18-10-16(15(3)9-19(18)27)17-11-21(17)32-25(38)35-8-7-26(28,29)12-35/h4-6,9-10,13-14,17,21H,7-8,11-12H2,1-3H3,(H,32,38)(H,31,33,37). The number of amides is 3. The molecule has 200 valence electrons. The highest BCUT2D eigenvalue weighted by Gasteiger charge is 2.45. The van der Waals surface area contributed by atoms with Gasteiger partial charge in [-0.3, -0.25) is 4.79 Å². The molecule has 0 bridgehead atoms. The Labute approximate surface area is 217 Å². The molecular weight excluding hydrogens is 499 g/mol. The number of likely N-dealkylation sites (tertiary alicyclic amines) is 1. The minimum atomic E-state index is -2.86. The molecule has 3 aromatic rings. The van der Waals surface area contributed by atoms with Gasteiger partial charge in [0, 0.05) is 31.0 Å². The van der Waals surface area contributed by atoms with Crippen molar-refractivity contribution in [3.8, 4) is 11.5 Å². The molecular formula is C26H28F3N7O2. The molecule has 0 spiro atoms. The van der Waals surface area contributed by atoms with Crippen LogP contribution < -0.4 is 10.6 Å². The van der Waals surface area contributed by atoms with Crippen LogP contribution in [0.1, 0.15) is 60.1 Å². The molecule has 2 aliphatic rings. The van der Waals surface area contributed by atoms with Gasteiger partial charge >= 0.3 is 6.03 Å². The van der Waals surface area contributed by atoms with Gasteiger partial charge in [0.2, 0.25) is 0 Å². The van der Waals surface area contributed by atoms with Gasteiger partial charge < -0.3 is 20.1 Å². The maximum Gasteiger partial charge on any atom is 0.317 e. The molecule has 2 atom stereocenters. The fourth-order valence-electron chi connectivity index (χ4n) is 4.74. The van der Waals surface area contributed by atoms with Gasteiger partial charge in [0.25, 0.3) is 11.8 Å². The van der Waals surface area contributed by atoms with Gasteiger partial charge in [-0.2, -0.15) is 0 Å². The van der Waals surface area contributed by atoms with Gasteiger partial charge in [-0.1, -0.05) is 6.07 Å². The topological polar surface area (TPSA) is 105 Å². The van der Waals surface area contributed by atoms with Crippen LogP contribution in [-0.4, -0.2) is 61.6 Å². The molecule has 2 aromatic heterocycles. The van der Waals surface area contributed by atoms with Crippen molar-refractivity contribution in [1.82, 2.24) is 30.0 Å². The van der Waals surface area contributed by atoms with Crippen LogP contribution in [0, 0.1) is 12.7 Å². The predicted octanol–water partition coefficient (Wildman–Crippen LogP) is 4.53. The molecule has 5 rings (SSSR count). The Kier molecular flexibility index (Phi) is 6.58. The lowest BCUT2D eigenvalue weighted by Crippen LogP contribution is -2.41. The average Bonchev–Trinajstić information content (AvgIpc) is 3.24. The molecule has 0 radical (unpaired) electrons. The Morgan fingerprint density at radius 1 is 1.21 bits per heavy atom. The lowest BCUT2D eigenvalue weighted by molar-refractivity contribution is 0.0153. The quantitative estimate of drug-likeness (QED) is 0.490. The van der Waals surface area contributed by atoms with Gasteiger partial charge in [0.1, 0.15) is 23.7 Å². The number of alkyl halides is 2. The Morgan fingerprint density at radius 3 is 2.71 bits per heavy atom. The predicted molar refractivity (Wildman–Crippen MR) is 134 cm³/mol. The lowest BCUT2D eigenvalue weighted by atomic mass is 9.99. The van der Waals surface area contributed by atoms with Gasteiger partial charge in [-0.15, -0.1) is 10.2 Å². The first-order valence-corrected chi connectivity index (χ1v) is 12.4. The van der Waals surface area contributed by atoms with Crippen LogP contribution in [0.3, 0.4) is 0 Å². The summed E-state index contributed by atoms with van der Waals surface area (Å²) in [5.41, 5.74) is 1.72. The van der Waals surface area contributed by atoms with E-state index in [1.165, 1.54) is 12.1 Å². The van der Waals surface area contributed by atoms with E-state index in [-0.39, 0.29) is 42.3 Å². The lowest BCUT2D eigenvalue weighted by Gasteiger charge is -2.17. The fraction of sp³-hybridized carbons (Fsp3) is 0.423. The van der Waals surface area contributed by atoms with Crippen LogP contribution in [0.2, 0.25) is 0 Å². The number of aromatic nitrogens is 4. The summed E-state index contributed by atoms with van der Waals surface area (Å²) in [7, 11) is 0. The van der Waals surface area contributed by atoms with Crippen LogP contribution >= 0.6 is 0 Å². The summed E-state index contributed by atoms with van der Waals surface area (Å²) in [6.45, 7) is 5.10. The molecule has 9 nitrogen and oxygen atoms in total. The molecule has 2 N–H and O–H groups in total. The number of hydrogen-bond acceptors (Lipinski definition) is 5. The first-order valence-electron chi connectivity index (χ1n) is 12.4. The van der Waals surface area contributed by atoms with Crippen molar-refractivity contribution in [3.05, 3.63) is 59.2 Å². The summed E-state index contributed by atoms with van der Waals surface area (Å²) in [6, 6.07) is 7.12. The molecule has 2 unspecified atom stereocenters. The number of hydrogen-bond donors (Lipinski definition) is 2. The van der Waals surface area contributed by atoms with Crippen LogP contribution in [0.4, 0.5) is 23.8 Å². The number of carbonyl (C=O) groups is 2. The number of aryl methyl sites for hydroxylation is 1. The van der Waals surface area contributed by atoms with Gasteiger partial charge in [-0.25, -0.2) is 22.9 Å².